The van der Waals surface area contributed by atoms with Crippen molar-refractivity contribution in [2.24, 2.45) is 0 Å². The van der Waals surface area contributed by atoms with E-state index in [1.165, 1.54) is 11.1 Å². The molecule has 0 aliphatic heterocycles. The Balaban J connectivity index is 2.96. The second-order valence-corrected chi connectivity index (χ2v) is 3.30. The van der Waals surface area contributed by atoms with Gasteiger partial charge in [0.15, 0.2) is 5.78 Å². The molecule has 13 heavy (non-hydrogen) atoms. The molecule has 1 rings (SSSR count). The van der Waals surface area contributed by atoms with Crippen LogP contribution in [0, 0.1) is 13.8 Å². The maximum atomic E-state index is 10.7. The van der Waals surface area contributed by atoms with Crippen LogP contribution < -0.4 is 0 Å². The minimum atomic E-state index is 0.0833. The van der Waals surface area contributed by atoms with Crippen molar-refractivity contribution in [3.8, 4) is 0 Å². The van der Waals surface area contributed by atoms with Crippen LogP contribution in [-0.2, 0) is 4.79 Å². The van der Waals surface area contributed by atoms with Crippen LogP contribution in [0.4, 0.5) is 0 Å². The molecule has 68 valence electrons. The molecule has 0 radical (unpaired) electrons. The van der Waals surface area contributed by atoms with Gasteiger partial charge in [0.25, 0.3) is 0 Å². The van der Waals surface area contributed by atoms with Gasteiger partial charge in [-0.15, -0.1) is 0 Å². The summed E-state index contributed by atoms with van der Waals surface area (Å²) in [5.74, 6) is 0.0833. The predicted octanol–water partition coefficient (Wildman–Crippen LogP) is 2.91. The standard InChI is InChI=1S/C12H14O/c1-9-4-6-12(10(2)8-9)7-5-11(3)13/h4-8H,1-3H3. The lowest BCUT2D eigenvalue weighted by Crippen LogP contribution is -1.84. The Morgan fingerprint density at radius 3 is 2.54 bits per heavy atom. The zero-order valence-electron chi connectivity index (χ0n) is 8.29. The summed E-state index contributed by atoms with van der Waals surface area (Å²) in [6, 6.07) is 6.19. The van der Waals surface area contributed by atoms with Crippen molar-refractivity contribution in [1.82, 2.24) is 0 Å². The van der Waals surface area contributed by atoms with Gasteiger partial charge in [-0.2, -0.15) is 0 Å². The van der Waals surface area contributed by atoms with E-state index in [0.717, 1.165) is 5.56 Å². The van der Waals surface area contributed by atoms with Crippen molar-refractivity contribution >= 4 is 11.9 Å². The summed E-state index contributed by atoms with van der Waals surface area (Å²) in [5, 5.41) is 0. The Morgan fingerprint density at radius 2 is 2.00 bits per heavy atom. The van der Waals surface area contributed by atoms with Gasteiger partial charge in [-0.25, -0.2) is 0 Å². The van der Waals surface area contributed by atoms with Gasteiger partial charge in [0.1, 0.15) is 0 Å². The van der Waals surface area contributed by atoms with Crippen LogP contribution in [0.15, 0.2) is 24.3 Å². The first kappa shape index (κ1) is 9.72. The highest BCUT2D eigenvalue weighted by Crippen LogP contribution is 2.11. The van der Waals surface area contributed by atoms with E-state index in [1.54, 1.807) is 13.0 Å². The minimum absolute atomic E-state index is 0.0833. The normalized spacial score (nSPS) is 10.7. The third-order valence-corrected chi connectivity index (χ3v) is 1.92. The molecule has 1 aromatic rings. The zero-order chi connectivity index (χ0) is 9.84. The number of allylic oxidation sites excluding steroid dienone is 1. The van der Waals surface area contributed by atoms with Gasteiger partial charge in [0.2, 0.25) is 0 Å². The molecular formula is C12H14O. The average molecular weight is 174 g/mol. The molecule has 0 saturated carbocycles. The molecule has 0 fully saturated rings. The molecule has 0 amide bonds. The summed E-state index contributed by atoms with van der Waals surface area (Å²) in [7, 11) is 0. The first-order valence-corrected chi connectivity index (χ1v) is 4.35. The van der Waals surface area contributed by atoms with E-state index in [9.17, 15) is 4.79 Å². The van der Waals surface area contributed by atoms with Crippen molar-refractivity contribution < 1.29 is 4.79 Å². The molecule has 0 aliphatic carbocycles. The van der Waals surface area contributed by atoms with E-state index in [1.807, 2.05) is 25.1 Å². The fourth-order valence-corrected chi connectivity index (χ4v) is 1.22. The number of hydrogen-bond acceptors (Lipinski definition) is 1. The second-order valence-electron chi connectivity index (χ2n) is 3.30. The van der Waals surface area contributed by atoms with Crippen LogP contribution in [0.3, 0.4) is 0 Å². The maximum absolute atomic E-state index is 10.7. The van der Waals surface area contributed by atoms with Crippen molar-refractivity contribution in [1.29, 1.82) is 0 Å². The van der Waals surface area contributed by atoms with E-state index < -0.39 is 0 Å². The smallest absolute Gasteiger partial charge is 0.152 e. The highest BCUT2D eigenvalue weighted by molar-refractivity contribution is 5.91. The molecule has 0 aliphatic rings. The Morgan fingerprint density at radius 1 is 1.31 bits per heavy atom. The average Bonchev–Trinajstić information content (AvgIpc) is 2.02. The van der Waals surface area contributed by atoms with Gasteiger partial charge < -0.3 is 0 Å². The molecule has 0 bridgehead atoms. The maximum Gasteiger partial charge on any atom is 0.152 e. The van der Waals surface area contributed by atoms with E-state index in [-0.39, 0.29) is 5.78 Å². The number of ketones is 1. The molecule has 0 atom stereocenters. The van der Waals surface area contributed by atoms with Crippen LogP contribution >= 0.6 is 0 Å². The molecule has 0 N–H and O–H groups in total. The van der Waals surface area contributed by atoms with E-state index >= 15 is 0 Å². The van der Waals surface area contributed by atoms with Crippen LogP contribution in [-0.4, -0.2) is 5.78 Å². The fraction of sp³-hybridized carbons (Fsp3) is 0.250. The topological polar surface area (TPSA) is 17.1 Å². The van der Waals surface area contributed by atoms with Gasteiger partial charge in [-0.1, -0.05) is 29.8 Å². The van der Waals surface area contributed by atoms with E-state index in [4.69, 9.17) is 0 Å². The Kier molecular flexibility index (Phi) is 3.02. The second kappa shape index (κ2) is 4.04. The van der Waals surface area contributed by atoms with Crippen LogP contribution in [0.2, 0.25) is 0 Å². The number of aryl methyl sites for hydroxylation is 2. The van der Waals surface area contributed by atoms with Crippen molar-refractivity contribution in [3.63, 3.8) is 0 Å². The molecule has 1 heteroatoms. The monoisotopic (exact) mass is 174 g/mol. The number of hydrogen-bond donors (Lipinski definition) is 0. The Bertz CT molecular complexity index is 348. The van der Waals surface area contributed by atoms with Crippen molar-refractivity contribution in [3.05, 3.63) is 41.0 Å². The molecule has 0 spiro atoms. The van der Waals surface area contributed by atoms with E-state index in [2.05, 4.69) is 13.0 Å². The molecule has 0 saturated heterocycles. The summed E-state index contributed by atoms with van der Waals surface area (Å²) in [6.45, 7) is 5.66. The predicted molar refractivity (Wildman–Crippen MR) is 55.6 cm³/mol. The highest BCUT2D eigenvalue weighted by atomic mass is 16.1. The molecule has 1 aromatic carbocycles. The van der Waals surface area contributed by atoms with E-state index in [0.29, 0.717) is 0 Å². The molecule has 0 unspecified atom stereocenters. The summed E-state index contributed by atoms with van der Waals surface area (Å²) in [4.78, 5) is 10.7. The largest absolute Gasteiger partial charge is 0.295 e. The molecular weight excluding hydrogens is 160 g/mol. The zero-order valence-corrected chi connectivity index (χ0v) is 8.29. The minimum Gasteiger partial charge on any atom is -0.295 e. The van der Waals surface area contributed by atoms with Gasteiger partial charge in [-0.3, -0.25) is 4.79 Å². The number of rotatable bonds is 2. The number of benzene rings is 1. The summed E-state index contributed by atoms with van der Waals surface area (Å²) >= 11 is 0. The Hall–Kier alpha value is -1.37. The third kappa shape index (κ3) is 2.86. The SMILES string of the molecule is CC(=O)C=Cc1ccc(C)cc1C. The van der Waals surface area contributed by atoms with Gasteiger partial charge in [-0.05, 0) is 38.0 Å². The highest BCUT2D eigenvalue weighted by Gasteiger charge is 1.93. The van der Waals surface area contributed by atoms with Gasteiger partial charge >= 0.3 is 0 Å². The quantitative estimate of drug-likeness (QED) is 0.630. The summed E-state index contributed by atoms with van der Waals surface area (Å²) < 4.78 is 0. The lowest BCUT2D eigenvalue weighted by atomic mass is 10.1. The molecule has 0 heterocycles. The van der Waals surface area contributed by atoms with Crippen molar-refractivity contribution in [2.45, 2.75) is 20.8 Å². The fourth-order valence-electron chi connectivity index (χ4n) is 1.22. The van der Waals surface area contributed by atoms with Crippen LogP contribution in [0.1, 0.15) is 23.6 Å². The number of carbonyl (C=O) groups excluding carboxylic acids is 1. The first-order chi connectivity index (χ1) is 6.09. The number of carbonyl (C=O) groups is 1. The van der Waals surface area contributed by atoms with Gasteiger partial charge in [0, 0.05) is 0 Å². The molecule has 0 aromatic heterocycles. The van der Waals surface area contributed by atoms with Crippen molar-refractivity contribution in [2.75, 3.05) is 0 Å². The first-order valence-electron chi connectivity index (χ1n) is 4.35. The lowest BCUT2D eigenvalue weighted by Gasteiger charge is -2.00. The van der Waals surface area contributed by atoms with Crippen LogP contribution in [0.5, 0.6) is 0 Å². The lowest BCUT2D eigenvalue weighted by molar-refractivity contribution is -0.112. The van der Waals surface area contributed by atoms with Crippen LogP contribution in [0.25, 0.3) is 6.08 Å². The summed E-state index contributed by atoms with van der Waals surface area (Å²) in [5.41, 5.74) is 3.57. The summed E-state index contributed by atoms with van der Waals surface area (Å²) in [6.07, 6.45) is 3.45. The Labute approximate surface area is 79.1 Å². The van der Waals surface area contributed by atoms with Gasteiger partial charge in [0.05, 0.1) is 0 Å². The molecule has 1 nitrogen and oxygen atoms in total. The third-order valence-electron chi connectivity index (χ3n) is 1.92.